The molecule has 6 heteroatoms. The topological polar surface area (TPSA) is 62.4 Å². The Morgan fingerprint density at radius 3 is 2.75 bits per heavy atom. The maximum Gasteiger partial charge on any atom is 0.247 e. The van der Waals surface area contributed by atoms with Gasteiger partial charge in [0, 0.05) is 17.1 Å². The number of hydrogen-bond donors (Lipinski definition) is 1. The van der Waals surface area contributed by atoms with Crippen LogP contribution in [0.3, 0.4) is 0 Å². The quantitative estimate of drug-likeness (QED) is 0.918. The third kappa shape index (κ3) is 4.30. The molecule has 5 nitrogen and oxygen atoms in total. The molecule has 0 spiro atoms. The lowest BCUT2D eigenvalue weighted by atomic mass is 10.1. The minimum atomic E-state index is -0.759. The van der Waals surface area contributed by atoms with Gasteiger partial charge in [0.2, 0.25) is 11.8 Å². The van der Waals surface area contributed by atoms with Crippen molar-refractivity contribution >= 4 is 11.6 Å². The van der Waals surface area contributed by atoms with Crippen LogP contribution >= 0.6 is 11.6 Å². The average molecular weight is 296 g/mol. The lowest BCUT2D eigenvalue weighted by molar-refractivity contribution is 0.0403. The first-order chi connectivity index (χ1) is 9.33. The number of nitrogens with zero attached hydrogens (tertiary/aromatic N) is 3. The molecule has 0 aliphatic rings. The van der Waals surface area contributed by atoms with Crippen molar-refractivity contribution in [1.82, 2.24) is 15.1 Å². The molecule has 1 aromatic heterocycles. The van der Waals surface area contributed by atoms with E-state index in [2.05, 4.69) is 10.2 Å². The van der Waals surface area contributed by atoms with Crippen LogP contribution in [0.1, 0.15) is 19.7 Å². The van der Waals surface area contributed by atoms with Gasteiger partial charge in [-0.3, -0.25) is 4.90 Å². The van der Waals surface area contributed by atoms with Crippen molar-refractivity contribution in [3.8, 4) is 11.5 Å². The van der Waals surface area contributed by atoms with Crippen molar-refractivity contribution in [2.24, 2.45) is 0 Å². The molecule has 108 valence electrons. The van der Waals surface area contributed by atoms with Crippen LogP contribution in [-0.4, -0.2) is 39.4 Å². The molecule has 2 aromatic rings. The molecule has 0 unspecified atom stereocenters. The van der Waals surface area contributed by atoms with E-state index in [4.69, 9.17) is 16.0 Å². The van der Waals surface area contributed by atoms with Crippen molar-refractivity contribution in [3.05, 3.63) is 35.2 Å². The molecule has 0 radical (unpaired) electrons. The van der Waals surface area contributed by atoms with E-state index in [0.29, 0.717) is 29.9 Å². The van der Waals surface area contributed by atoms with Gasteiger partial charge >= 0.3 is 0 Å². The molecule has 0 bridgehead atoms. The highest BCUT2D eigenvalue weighted by atomic mass is 35.5. The van der Waals surface area contributed by atoms with Gasteiger partial charge in [-0.1, -0.05) is 17.7 Å². The third-order valence-corrected chi connectivity index (χ3v) is 2.84. The first-order valence-corrected chi connectivity index (χ1v) is 6.70. The van der Waals surface area contributed by atoms with Crippen molar-refractivity contribution in [1.29, 1.82) is 0 Å². The molecule has 1 aromatic carbocycles. The Hall–Kier alpha value is -1.43. The number of aliphatic hydroxyl groups is 1. The monoisotopic (exact) mass is 295 g/mol. The first kappa shape index (κ1) is 15.0. The van der Waals surface area contributed by atoms with E-state index in [1.54, 1.807) is 26.0 Å². The smallest absolute Gasteiger partial charge is 0.247 e. The van der Waals surface area contributed by atoms with E-state index >= 15 is 0 Å². The highest BCUT2D eigenvalue weighted by Crippen LogP contribution is 2.21. The molecule has 20 heavy (non-hydrogen) atoms. The number of halogens is 1. The fourth-order valence-corrected chi connectivity index (χ4v) is 2.19. The lowest BCUT2D eigenvalue weighted by Gasteiger charge is -2.23. The van der Waals surface area contributed by atoms with E-state index in [0.717, 1.165) is 5.56 Å². The summed E-state index contributed by atoms with van der Waals surface area (Å²) in [7, 11) is 1.89. The summed E-state index contributed by atoms with van der Waals surface area (Å²) in [4.78, 5) is 1.93. The number of benzene rings is 1. The highest BCUT2D eigenvalue weighted by Gasteiger charge is 2.17. The normalized spacial score (nSPS) is 12.1. The fraction of sp³-hybridized carbons (Fsp3) is 0.429. The molecule has 0 amide bonds. The highest BCUT2D eigenvalue weighted by molar-refractivity contribution is 6.30. The minimum Gasteiger partial charge on any atom is -0.419 e. The Morgan fingerprint density at radius 1 is 1.35 bits per heavy atom. The molecule has 2 rings (SSSR count). The van der Waals surface area contributed by atoms with Crippen molar-refractivity contribution in [3.63, 3.8) is 0 Å². The Morgan fingerprint density at radius 2 is 2.10 bits per heavy atom. The molecule has 0 aliphatic heterocycles. The van der Waals surface area contributed by atoms with Crippen LogP contribution in [0.15, 0.2) is 28.7 Å². The van der Waals surface area contributed by atoms with Crippen molar-refractivity contribution in [2.75, 3.05) is 13.6 Å². The van der Waals surface area contributed by atoms with E-state index in [1.807, 2.05) is 24.1 Å². The predicted molar refractivity (Wildman–Crippen MR) is 77.4 cm³/mol. The van der Waals surface area contributed by atoms with E-state index < -0.39 is 5.60 Å². The number of rotatable bonds is 5. The van der Waals surface area contributed by atoms with Gasteiger partial charge in [0.15, 0.2) is 0 Å². The Bertz CT molecular complexity index is 578. The van der Waals surface area contributed by atoms with Crippen LogP contribution in [0.4, 0.5) is 0 Å². The summed E-state index contributed by atoms with van der Waals surface area (Å²) in [6, 6.07) is 7.27. The van der Waals surface area contributed by atoms with Gasteiger partial charge in [-0.25, -0.2) is 0 Å². The van der Waals surface area contributed by atoms with Gasteiger partial charge in [0.05, 0.1) is 12.1 Å². The first-order valence-electron chi connectivity index (χ1n) is 6.33. The van der Waals surface area contributed by atoms with Gasteiger partial charge < -0.3 is 9.52 Å². The maximum atomic E-state index is 9.76. The van der Waals surface area contributed by atoms with Crippen LogP contribution in [-0.2, 0) is 6.54 Å². The number of likely N-dealkylation sites (N-methyl/N-ethyl adjacent to an activating group) is 1. The average Bonchev–Trinajstić information content (AvgIpc) is 2.74. The molecule has 0 atom stereocenters. The van der Waals surface area contributed by atoms with E-state index in [9.17, 15) is 5.11 Å². The summed E-state index contributed by atoms with van der Waals surface area (Å²) in [5, 5.41) is 18.4. The van der Waals surface area contributed by atoms with Crippen LogP contribution < -0.4 is 0 Å². The zero-order chi connectivity index (χ0) is 14.8. The van der Waals surface area contributed by atoms with Gasteiger partial charge in [0.25, 0.3) is 0 Å². The summed E-state index contributed by atoms with van der Waals surface area (Å²) in [5.74, 6) is 0.950. The summed E-state index contributed by atoms with van der Waals surface area (Å²) in [6.07, 6.45) is 0. The SMILES string of the molecule is CN(Cc1nnc(-c2cccc(Cl)c2)o1)CC(C)(C)O. The summed E-state index contributed by atoms with van der Waals surface area (Å²) < 4.78 is 5.61. The Kier molecular flexibility index (Phi) is 4.42. The van der Waals surface area contributed by atoms with Crippen molar-refractivity contribution in [2.45, 2.75) is 26.0 Å². The zero-order valence-corrected chi connectivity index (χ0v) is 12.6. The maximum absolute atomic E-state index is 9.76. The molecule has 1 N–H and O–H groups in total. The van der Waals surface area contributed by atoms with Crippen LogP contribution in [0.5, 0.6) is 0 Å². The molecule has 0 aliphatic carbocycles. The largest absolute Gasteiger partial charge is 0.419 e. The van der Waals surface area contributed by atoms with Gasteiger partial charge in [-0.15, -0.1) is 10.2 Å². The fourth-order valence-electron chi connectivity index (χ4n) is 2.00. The Labute approximate surface area is 123 Å². The van der Waals surface area contributed by atoms with Crippen LogP contribution in [0.2, 0.25) is 5.02 Å². The van der Waals surface area contributed by atoms with Gasteiger partial charge in [-0.2, -0.15) is 0 Å². The van der Waals surface area contributed by atoms with Crippen molar-refractivity contribution < 1.29 is 9.52 Å². The molecule has 0 fully saturated rings. The predicted octanol–water partition coefficient (Wildman–Crippen LogP) is 2.59. The van der Waals surface area contributed by atoms with E-state index in [-0.39, 0.29) is 0 Å². The Balaban J connectivity index is 2.06. The number of hydrogen-bond acceptors (Lipinski definition) is 5. The second-order valence-corrected chi connectivity index (χ2v) is 5.93. The summed E-state index contributed by atoms with van der Waals surface area (Å²) in [6.45, 7) is 4.52. The molecule has 0 saturated carbocycles. The van der Waals surface area contributed by atoms with E-state index in [1.165, 1.54) is 0 Å². The van der Waals surface area contributed by atoms with Gasteiger partial charge in [-0.05, 0) is 39.1 Å². The standard InChI is InChI=1S/C14H18ClN3O2/c1-14(2,19)9-18(3)8-12-16-17-13(20-12)10-5-4-6-11(15)7-10/h4-7,19H,8-9H2,1-3H3. The van der Waals surface area contributed by atoms with Crippen LogP contribution in [0, 0.1) is 0 Å². The number of aromatic nitrogens is 2. The van der Waals surface area contributed by atoms with Crippen LogP contribution in [0.25, 0.3) is 11.5 Å². The zero-order valence-electron chi connectivity index (χ0n) is 11.8. The minimum absolute atomic E-state index is 0.444. The van der Waals surface area contributed by atoms with Gasteiger partial charge in [0.1, 0.15) is 0 Å². The molecular weight excluding hydrogens is 278 g/mol. The molecular formula is C14H18ClN3O2. The molecule has 1 heterocycles. The lowest BCUT2D eigenvalue weighted by Crippen LogP contribution is -2.35. The third-order valence-electron chi connectivity index (χ3n) is 2.60. The molecule has 0 saturated heterocycles. The second kappa shape index (κ2) is 5.91. The summed E-state index contributed by atoms with van der Waals surface area (Å²) in [5.41, 5.74) is 0.0336. The second-order valence-electron chi connectivity index (χ2n) is 5.50. The summed E-state index contributed by atoms with van der Waals surface area (Å²) >= 11 is 5.93.